The predicted octanol–water partition coefficient (Wildman–Crippen LogP) is 4.93. The number of carbonyl (C=O) groups excluding carboxylic acids is 1. The first-order valence-corrected chi connectivity index (χ1v) is 7.39. The minimum absolute atomic E-state index is 0.271. The average molecular weight is 350 g/mol. The highest BCUT2D eigenvalue weighted by Gasteiger charge is 2.30. The van der Waals surface area contributed by atoms with Crippen molar-refractivity contribution < 1.29 is 27.4 Å². The third-order valence-electron chi connectivity index (χ3n) is 3.62. The number of carbonyl (C=O) groups is 1. The van der Waals surface area contributed by atoms with Crippen molar-refractivity contribution in [1.82, 2.24) is 0 Å². The quantitative estimate of drug-likeness (QED) is 0.567. The Morgan fingerprint density at radius 2 is 1.72 bits per heavy atom. The van der Waals surface area contributed by atoms with Crippen molar-refractivity contribution in [2.75, 3.05) is 14.2 Å². The van der Waals surface area contributed by atoms with Crippen LogP contribution in [0.1, 0.15) is 27.0 Å². The summed E-state index contributed by atoms with van der Waals surface area (Å²) in [6.07, 6.45) is -1.88. The highest BCUT2D eigenvalue weighted by molar-refractivity contribution is 6.09. The lowest BCUT2D eigenvalue weighted by molar-refractivity contribution is -0.137. The number of alkyl halides is 3. The van der Waals surface area contributed by atoms with Crippen molar-refractivity contribution in [1.29, 1.82) is 0 Å². The molecule has 0 spiro atoms. The molecule has 132 valence electrons. The zero-order valence-electron chi connectivity index (χ0n) is 14.0. The summed E-state index contributed by atoms with van der Waals surface area (Å²) in [6, 6.07) is 8.06. The van der Waals surface area contributed by atoms with Crippen LogP contribution in [0.15, 0.2) is 42.5 Å². The molecule has 0 aromatic heterocycles. The van der Waals surface area contributed by atoms with E-state index in [9.17, 15) is 18.0 Å². The number of allylic oxidation sites excluding steroid dienone is 1. The largest absolute Gasteiger partial charge is 0.493 e. The fraction of sp³-hybridized carbons (Fsp3) is 0.211. The Hall–Kier alpha value is -2.76. The molecule has 3 nitrogen and oxygen atoms in total. The summed E-state index contributed by atoms with van der Waals surface area (Å²) in [6.45, 7) is 1.81. The number of ether oxygens (including phenoxy) is 2. The number of hydrogen-bond donors (Lipinski definition) is 0. The molecule has 2 rings (SSSR count). The van der Waals surface area contributed by atoms with Crippen LogP contribution in [0, 0.1) is 6.92 Å². The number of halogens is 3. The number of methoxy groups -OCH3 is 2. The van der Waals surface area contributed by atoms with Gasteiger partial charge in [0.25, 0.3) is 0 Å². The molecule has 0 aliphatic carbocycles. The molecule has 0 fully saturated rings. The maximum absolute atomic E-state index is 12.7. The van der Waals surface area contributed by atoms with Crippen LogP contribution in [0.4, 0.5) is 13.2 Å². The second-order valence-electron chi connectivity index (χ2n) is 5.32. The van der Waals surface area contributed by atoms with Gasteiger partial charge in [-0.15, -0.1) is 0 Å². The highest BCUT2D eigenvalue weighted by Crippen LogP contribution is 2.35. The van der Waals surface area contributed by atoms with Gasteiger partial charge in [0.1, 0.15) is 0 Å². The molecule has 0 aliphatic rings. The van der Waals surface area contributed by atoms with Gasteiger partial charge in [0.05, 0.1) is 25.3 Å². The molecule has 0 aliphatic heterocycles. The van der Waals surface area contributed by atoms with Crippen molar-refractivity contribution in [3.05, 3.63) is 64.7 Å². The van der Waals surface area contributed by atoms with Gasteiger partial charge < -0.3 is 9.47 Å². The van der Waals surface area contributed by atoms with Crippen LogP contribution in [-0.4, -0.2) is 20.0 Å². The van der Waals surface area contributed by atoms with E-state index in [1.54, 1.807) is 12.1 Å². The normalized spacial score (nSPS) is 11.6. The number of ketones is 1. The monoisotopic (exact) mass is 350 g/mol. The first kappa shape index (κ1) is 18.6. The third-order valence-corrected chi connectivity index (χ3v) is 3.62. The van der Waals surface area contributed by atoms with E-state index < -0.39 is 17.5 Å². The molecule has 6 heteroatoms. The second kappa shape index (κ2) is 7.42. The molecule has 0 amide bonds. The minimum Gasteiger partial charge on any atom is -0.493 e. The fourth-order valence-electron chi connectivity index (χ4n) is 2.39. The van der Waals surface area contributed by atoms with E-state index in [1.807, 2.05) is 6.92 Å². The van der Waals surface area contributed by atoms with Crippen LogP contribution in [-0.2, 0) is 6.18 Å². The topological polar surface area (TPSA) is 35.5 Å². The predicted molar refractivity (Wildman–Crippen MR) is 89.1 cm³/mol. The number of aryl methyl sites for hydroxylation is 1. The zero-order chi connectivity index (χ0) is 18.6. The number of rotatable bonds is 5. The second-order valence-corrected chi connectivity index (χ2v) is 5.32. The van der Waals surface area contributed by atoms with Crippen LogP contribution in [0.2, 0.25) is 0 Å². The van der Waals surface area contributed by atoms with Crippen molar-refractivity contribution in [3.8, 4) is 11.5 Å². The van der Waals surface area contributed by atoms with Crippen LogP contribution in [0.25, 0.3) is 6.08 Å². The molecule has 2 aromatic carbocycles. The lowest BCUT2D eigenvalue weighted by atomic mass is 10.0. The standard InChI is InChI=1S/C19H17F3O3/c1-12-7-9-15(18(25-3)17(12)24-2)16(23)10-8-13-5-4-6-14(11-13)19(20,21)22/h4-11H,1-3H3/b10-8+. The molecular weight excluding hydrogens is 333 g/mol. The molecule has 0 saturated carbocycles. The minimum atomic E-state index is -4.43. The van der Waals surface area contributed by atoms with Gasteiger partial charge in [0.15, 0.2) is 17.3 Å². The van der Waals surface area contributed by atoms with E-state index in [4.69, 9.17) is 9.47 Å². The van der Waals surface area contributed by atoms with Gasteiger partial charge in [0.2, 0.25) is 0 Å². The summed E-state index contributed by atoms with van der Waals surface area (Å²) in [4.78, 5) is 12.4. The molecule has 0 unspecified atom stereocenters. The molecule has 0 bridgehead atoms. The molecule has 0 atom stereocenters. The van der Waals surface area contributed by atoms with Gasteiger partial charge in [-0.1, -0.05) is 24.3 Å². The Bertz CT molecular complexity index is 808. The molecule has 0 saturated heterocycles. The van der Waals surface area contributed by atoms with E-state index in [0.717, 1.165) is 17.7 Å². The molecule has 0 radical (unpaired) electrons. The third kappa shape index (κ3) is 4.21. The van der Waals surface area contributed by atoms with Gasteiger partial charge >= 0.3 is 6.18 Å². The van der Waals surface area contributed by atoms with Crippen molar-refractivity contribution in [3.63, 3.8) is 0 Å². The SMILES string of the molecule is COc1c(C)ccc(C(=O)/C=C/c2cccc(C(F)(F)F)c2)c1OC. The van der Waals surface area contributed by atoms with Crippen molar-refractivity contribution >= 4 is 11.9 Å². The molecule has 25 heavy (non-hydrogen) atoms. The Balaban J connectivity index is 2.33. The van der Waals surface area contributed by atoms with E-state index in [0.29, 0.717) is 11.5 Å². The lowest BCUT2D eigenvalue weighted by Gasteiger charge is -2.13. The first-order chi connectivity index (χ1) is 11.8. The van der Waals surface area contributed by atoms with Crippen LogP contribution in [0.3, 0.4) is 0 Å². The summed E-state index contributed by atoms with van der Waals surface area (Å²) < 4.78 is 48.7. The van der Waals surface area contributed by atoms with Crippen molar-refractivity contribution in [2.24, 2.45) is 0 Å². The zero-order valence-corrected chi connectivity index (χ0v) is 14.0. The Kier molecular flexibility index (Phi) is 5.51. The van der Waals surface area contributed by atoms with Crippen molar-refractivity contribution in [2.45, 2.75) is 13.1 Å². The Morgan fingerprint density at radius 3 is 2.32 bits per heavy atom. The summed E-state index contributed by atoms with van der Waals surface area (Å²) >= 11 is 0. The van der Waals surface area contributed by atoms with Gasteiger partial charge in [0, 0.05) is 0 Å². The van der Waals surface area contributed by atoms with Crippen LogP contribution in [0.5, 0.6) is 11.5 Å². The lowest BCUT2D eigenvalue weighted by Crippen LogP contribution is -2.04. The number of hydrogen-bond acceptors (Lipinski definition) is 3. The molecule has 0 heterocycles. The van der Waals surface area contributed by atoms with E-state index >= 15 is 0 Å². The highest BCUT2D eigenvalue weighted by atomic mass is 19.4. The van der Waals surface area contributed by atoms with Gasteiger partial charge in [-0.05, 0) is 42.3 Å². The van der Waals surface area contributed by atoms with Gasteiger partial charge in [-0.2, -0.15) is 13.2 Å². The van der Waals surface area contributed by atoms with Gasteiger partial charge in [-0.3, -0.25) is 4.79 Å². The maximum atomic E-state index is 12.7. The summed E-state index contributed by atoms with van der Waals surface area (Å²) in [5, 5.41) is 0. The fourth-order valence-corrected chi connectivity index (χ4v) is 2.39. The summed E-state index contributed by atoms with van der Waals surface area (Å²) in [7, 11) is 2.89. The molecule has 2 aromatic rings. The Morgan fingerprint density at radius 1 is 1.04 bits per heavy atom. The average Bonchev–Trinajstić information content (AvgIpc) is 2.58. The molecular formula is C19H17F3O3. The van der Waals surface area contributed by atoms with E-state index in [2.05, 4.69) is 0 Å². The summed E-state index contributed by atoms with van der Waals surface area (Å²) in [5.74, 6) is 0.342. The Labute approximate surface area is 143 Å². The van der Waals surface area contributed by atoms with E-state index in [-0.39, 0.29) is 11.1 Å². The maximum Gasteiger partial charge on any atom is 0.416 e. The van der Waals surface area contributed by atoms with Crippen LogP contribution < -0.4 is 9.47 Å². The molecule has 0 N–H and O–H groups in total. The smallest absolute Gasteiger partial charge is 0.416 e. The summed E-state index contributed by atoms with van der Waals surface area (Å²) in [5.41, 5.74) is 0.587. The van der Waals surface area contributed by atoms with Gasteiger partial charge in [-0.25, -0.2) is 0 Å². The first-order valence-electron chi connectivity index (χ1n) is 7.39. The number of benzene rings is 2. The van der Waals surface area contributed by atoms with E-state index in [1.165, 1.54) is 38.5 Å². The van der Waals surface area contributed by atoms with Crippen LogP contribution >= 0.6 is 0 Å².